The molecule has 2 saturated heterocycles. The van der Waals surface area contributed by atoms with E-state index in [1.807, 2.05) is 54.2 Å². The molecule has 2 fully saturated rings. The zero-order valence-electron chi connectivity index (χ0n) is 17.5. The maximum atomic E-state index is 12.7. The Morgan fingerprint density at radius 3 is 2.67 bits per heavy atom. The number of piperidine rings is 1. The minimum Gasteiger partial charge on any atom is -0.461 e. The lowest BCUT2D eigenvalue weighted by molar-refractivity contribution is -0.152. The van der Waals surface area contributed by atoms with Gasteiger partial charge in [-0.15, -0.1) is 0 Å². The number of aromatic nitrogens is 2. The van der Waals surface area contributed by atoms with Crippen molar-refractivity contribution in [1.82, 2.24) is 19.9 Å². The van der Waals surface area contributed by atoms with E-state index in [0.29, 0.717) is 50.5 Å². The molecule has 2 aliphatic rings. The van der Waals surface area contributed by atoms with E-state index in [9.17, 15) is 9.59 Å². The van der Waals surface area contributed by atoms with Gasteiger partial charge in [-0.25, -0.2) is 0 Å². The van der Waals surface area contributed by atoms with E-state index in [2.05, 4.69) is 10.1 Å². The Hall–Kier alpha value is -2.74. The topological polar surface area (TPSA) is 88.8 Å². The van der Waals surface area contributed by atoms with Crippen LogP contribution in [0.1, 0.15) is 31.6 Å². The summed E-state index contributed by atoms with van der Waals surface area (Å²) in [6.07, 6.45) is 2.76. The predicted octanol–water partition coefficient (Wildman–Crippen LogP) is 2.16. The molecule has 0 N–H and O–H groups in total. The molecule has 8 heteroatoms. The molecule has 1 aromatic heterocycles. The van der Waals surface area contributed by atoms with Crippen molar-refractivity contribution < 1.29 is 18.8 Å². The van der Waals surface area contributed by atoms with Crippen LogP contribution in [-0.4, -0.2) is 71.7 Å². The Balaban J connectivity index is 1.27. The van der Waals surface area contributed by atoms with Gasteiger partial charge in [0, 0.05) is 44.5 Å². The van der Waals surface area contributed by atoms with Gasteiger partial charge in [0.05, 0.1) is 5.41 Å². The van der Waals surface area contributed by atoms with Crippen molar-refractivity contribution in [2.24, 2.45) is 5.41 Å². The molecule has 30 heavy (non-hydrogen) atoms. The molecule has 0 saturated carbocycles. The molecule has 160 valence electrons. The molecule has 0 bridgehead atoms. The Kier molecular flexibility index (Phi) is 5.85. The minimum atomic E-state index is -0.422. The molecule has 8 nitrogen and oxygen atoms in total. The normalized spacial score (nSPS) is 20.7. The van der Waals surface area contributed by atoms with Gasteiger partial charge in [0.15, 0.2) is 0 Å². The fraction of sp³-hybridized carbons (Fsp3) is 0.545. The predicted molar refractivity (Wildman–Crippen MR) is 109 cm³/mol. The maximum Gasteiger partial charge on any atom is 0.312 e. The third kappa shape index (κ3) is 4.38. The highest BCUT2D eigenvalue weighted by Crippen LogP contribution is 2.43. The molecule has 4 rings (SSSR count). The quantitative estimate of drug-likeness (QED) is 0.672. The van der Waals surface area contributed by atoms with Crippen molar-refractivity contribution in [3.63, 3.8) is 0 Å². The van der Waals surface area contributed by atoms with Crippen LogP contribution in [0.4, 0.5) is 0 Å². The van der Waals surface area contributed by atoms with E-state index in [1.165, 1.54) is 0 Å². The summed E-state index contributed by atoms with van der Waals surface area (Å²) < 4.78 is 10.9. The average molecular weight is 412 g/mol. The van der Waals surface area contributed by atoms with Crippen LogP contribution in [0.15, 0.2) is 34.9 Å². The average Bonchev–Trinajstić information content (AvgIpc) is 3.32. The van der Waals surface area contributed by atoms with E-state index in [1.54, 1.807) is 0 Å². The lowest BCUT2D eigenvalue weighted by Crippen LogP contribution is -2.45. The van der Waals surface area contributed by atoms with Gasteiger partial charge in [-0.3, -0.25) is 9.59 Å². The number of nitrogens with zero attached hydrogens (tertiary/aromatic N) is 4. The molecular formula is C22H28N4O4. The van der Waals surface area contributed by atoms with Crippen molar-refractivity contribution in [2.45, 2.75) is 38.2 Å². The number of aryl methyl sites for hydroxylation is 1. The third-order valence-electron chi connectivity index (χ3n) is 6.02. The second-order valence-corrected chi connectivity index (χ2v) is 8.53. The highest BCUT2D eigenvalue weighted by molar-refractivity contribution is 5.80. The second-order valence-electron chi connectivity index (χ2n) is 8.53. The van der Waals surface area contributed by atoms with Crippen LogP contribution < -0.4 is 0 Å². The smallest absolute Gasteiger partial charge is 0.312 e. The zero-order chi connectivity index (χ0) is 21.1. The number of carbonyl (C=O) groups excluding carboxylic acids is 2. The van der Waals surface area contributed by atoms with Crippen LogP contribution in [0.3, 0.4) is 0 Å². The molecule has 1 spiro atoms. The molecule has 1 unspecified atom stereocenters. The summed E-state index contributed by atoms with van der Waals surface area (Å²) in [4.78, 5) is 33.4. The van der Waals surface area contributed by atoms with Crippen LogP contribution in [0, 0.1) is 5.41 Å². The molecule has 3 heterocycles. The molecule has 2 aromatic rings. The van der Waals surface area contributed by atoms with Crippen molar-refractivity contribution >= 4 is 11.9 Å². The van der Waals surface area contributed by atoms with Crippen LogP contribution in [-0.2, 0) is 20.7 Å². The fourth-order valence-corrected chi connectivity index (χ4v) is 4.37. The number of likely N-dealkylation sites (N-methyl/N-ethyl adjacent to an activating group) is 1. The van der Waals surface area contributed by atoms with E-state index in [-0.39, 0.29) is 18.0 Å². The number of ether oxygens (including phenoxy) is 1. The SMILES string of the molecule is CN(C)CC1CC2(CCN(C(=O)CCc3nc(-c4ccccc4)no3)CC2)C(=O)O1. The monoisotopic (exact) mass is 412 g/mol. The number of carbonyl (C=O) groups is 2. The van der Waals surface area contributed by atoms with Gasteiger partial charge in [0.2, 0.25) is 17.6 Å². The molecule has 1 amide bonds. The minimum absolute atomic E-state index is 0.0499. The fourth-order valence-electron chi connectivity index (χ4n) is 4.37. The van der Waals surface area contributed by atoms with E-state index >= 15 is 0 Å². The first-order chi connectivity index (χ1) is 14.4. The summed E-state index contributed by atoms with van der Waals surface area (Å²) in [6, 6.07) is 9.60. The summed E-state index contributed by atoms with van der Waals surface area (Å²) in [5, 5.41) is 3.99. The van der Waals surface area contributed by atoms with Gasteiger partial charge >= 0.3 is 5.97 Å². The van der Waals surface area contributed by atoms with E-state index in [4.69, 9.17) is 9.26 Å². The first kappa shape index (κ1) is 20.5. The molecule has 2 aliphatic heterocycles. The Bertz CT molecular complexity index is 888. The lowest BCUT2D eigenvalue weighted by atomic mass is 9.76. The van der Waals surface area contributed by atoms with Crippen LogP contribution in [0.5, 0.6) is 0 Å². The van der Waals surface area contributed by atoms with E-state index in [0.717, 1.165) is 18.5 Å². The number of cyclic esters (lactones) is 1. The highest BCUT2D eigenvalue weighted by atomic mass is 16.6. The number of hydrogen-bond acceptors (Lipinski definition) is 7. The number of hydrogen-bond donors (Lipinski definition) is 0. The largest absolute Gasteiger partial charge is 0.461 e. The Morgan fingerprint density at radius 2 is 1.97 bits per heavy atom. The van der Waals surface area contributed by atoms with Crippen molar-refractivity contribution in [3.05, 3.63) is 36.2 Å². The van der Waals surface area contributed by atoms with Gasteiger partial charge in [0.1, 0.15) is 6.10 Å². The zero-order valence-corrected chi connectivity index (χ0v) is 17.5. The number of amides is 1. The van der Waals surface area contributed by atoms with Crippen LogP contribution in [0.2, 0.25) is 0 Å². The van der Waals surface area contributed by atoms with Gasteiger partial charge in [0.25, 0.3) is 0 Å². The standard InChI is InChI=1S/C22H28N4O4/c1-25(2)15-17-14-22(21(28)29-17)10-12-26(13-11-22)19(27)9-8-18-23-20(24-30-18)16-6-4-3-5-7-16/h3-7,17H,8-15H2,1-2H3. The van der Waals surface area contributed by atoms with Crippen molar-refractivity contribution in [2.75, 3.05) is 33.7 Å². The van der Waals surface area contributed by atoms with Gasteiger partial charge in [-0.05, 0) is 26.9 Å². The molecule has 0 aliphatic carbocycles. The molecule has 0 radical (unpaired) electrons. The highest BCUT2D eigenvalue weighted by Gasteiger charge is 2.50. The summed E-state index contributed by atoms with van der Waals surface area (Å²) >= 11 is 0. The lowest BCUT2D eigenvalue weighted by Gasteiger charge is -2.36. The summed E-state index contributed by atoms with van der Waals surface area (Å²) in [5.74, 6) is 0.952. The van der Waals surface area contributed by atoms with Gasteiger partial charge in [-0.1, -0.05) is 35.5 Å². The second kappa shape index (κ2) is 8.55. The van der Waals surface area contributed by atoms with Gasteiger partial charge in [-0.2, -0.15) is 4.98 Å². The number of likely N-dealkylation sites (tertiary alicyclic amines) is 1. The molecule has 1 atom stereocenters. The number of esters is 1. The summed E-state index contributed by atoms with van der Waals surface area (Å²) in [5.41, 5.74) is 0.463. The third-order valence-corrected chi connectivity index (χ3v) is 6.02. The number of rotatable bonds is 6. The first-order valence-electron chi connectivity index (χ1n) is 10.5. The first-order valence-corrected chi connectivity index (χ1v) is 10.5. The Labute approximate surface area is 176 Å². The maximum absolute atomic E-state index is 12.7. The Morgan fingerprint density at radius 1 is 1.23 bits per heavy atom. The van der Waals surface area contributed by atoms with Gasteiger partial charge < -0.3 is 19.1 Å². The molecule has 1 aromatic carbocycles. The van der Waals surface area contributed by atoms with Crippen molar-refractivity contribution in [1.29, 1.82) is 0 Å². The molecular weight excluding hydrogens is 384 g/mol. The summed E-state index contributed by atoms with van der Waals surface area (Å²) in [7, 11) is 3.96. The van der Waals surface area contributed by atoms with Crippen molar-refractivity contribution in [3.8, 4) is 11.4 Å². The number of benzene rings is 1. The van der Waals surface area contributed by atoms with E-state index < -0.39 is 5.41 Å². The van der Waals surface area contributed by atoms with Crippen LogP contribution in [0.25, 0.3) is 11.4 Å². The summed E-state index contributed by atoms with van der Waals surface area (Å²) in [6.45, 7) is 1.91. The van der Waals surface area contributed by atoms with Crippen LogP contribution >= 0.6 is 0 Å².